The molecule has 0 saturated carbocycles. The van der Waals surface area contributed by atoms with E-state index in [2.05, 4.69) is 0 Å². The number of nitrogens with two attached hydrogens (primary N) is 1. The van der Waals surface area contributed by atoms with Gasteiger partial charge in [-0.3, -0.25) is 4.79 Å². The highest BCUT2D eigenvalue weighted by Crippen LogP contribution is 2.21. The topological polar surface area (TPSA) is 64.8 Å². The summed E-state index contributed by atoms with van der Waals surface area (Å²) in [6.07, 6.45) is -0.663. The van der Waals surface area contributed by atoms with Gasteiger partial charge in [-0.1, -0.05) is 6.07 Å². The zero-order valence-corrected chi connectivity index (χ0v) is 12.3. The molecule has 0 spiro atoms. The van der Waals surface area contributed by atoms with E-state index >= 15 is 0 Å². The maximum absolute atomic E-state index is 13.8. The molecule has 116 valence electrons. The van der Waals surface area contributed by atoms with Gasteiger partial charge in [0.15, 0.2) is 6.10 Å². The molecule has 2 rings (SSSR count). The van der Waals surface area contributed by atoms with Crippen LogP contribution in [0, 0.1) is 5.82 Å². The zero-order valence-electron chi connectivity index (χ0n) is 12.3. The first kappa shape index (κ1) is 15.7. The number of hydrogen-bond donors (Lipinski definition) is 1. The number of nitrogens with zero attached hydrogens (tertiary/aromatic N) is 1. The highest BCUT2D eigenvalue weighted by atomic mass is 19.1. The van der Waals surface area contributed by atoms with Crippen molar-refractivity contribution in [3.63, 3.8) is 0 Å². The molecule has 5 nitrogen and oxygen atoms in total. The predicted molar refractivity (Wildman–Crippen MR) is 76.5 cm³/mol. The lowest BCUT2D eigenvalue weighted by atomic mass is 10.1. The maximum atomic E-state index is 13.8. The van der Waals surface area contributed by atoms with E-state index in [1.165, 1.54) is 6.07 Å². The molecule has 1 aliphatic rings. The first-order valence-corrected chi connectivity index (χ1v) is 7.07. The average Bonchev–Trinajstić information content (AvgIpc) is 2.47. The third-order valence-corrected chi connectivity index (χ3v) is 3.45. The first-order chi connectivity index (χ1) is 9.99. The molecule has 2 atom stereocenters. The molecular weight excluding hydrogens is 275 g/mol. The number of rotatable bonds is 4. The Morgan fingerprint density at radius 2 is 2.05 bits per heavy atom. The Bertz CT molecular complexity index is 502. The summed E-state index contributed by atoms with van der Waals surface area (Å²) >= 11 is 0. The van der Waals surface area contributed by atoms with Gasteiger partial charge in [-0.25, -0.2) is 4.39 Å². The van der Waals surface area contributed by atoms with Crippen molar-refractivity contribution in [2.45, 2.75) is 26.0 Å². The summed E-state index contributed by atoms with van der Waals surface area (Å²) in [7, 11) is 0. The van der Waals surface area contributed by atoms with Crippen LogP contribution >= 0.6 is 0 Å². The minimum absolute atomic E-state index is 0.116. The van der Waals surface area contributed by atoms with Gasteiger partial charge in [0.25, 0.3) is 5.91 Å². The van der Waals surface area contributed by atoms with Gasteiger partial charge in [0, 0.05) is 30.8 Å². The van der Waals surface area contributed by atoms with E-state index < -0.39 is 11.9 Å². The summed E-state index contributed by atoms with van der Waals surface area (Å²) in [6.45, 7) is 5.57. The number of carbonyl (C=O) groups is 1. The summed E-state index contributed by atoms with van der Waals surface area (Å²) in [6, 6.07) is 4.10. The Hall–Kier alpha value is -1.66. The van der Waals surface area contributed by atoms with Crippen LogP contribution in [-0.4, -0.2) is 43.2 Å². The predicted octanol–water partition coefficient (Wildman–Crippen LogP) is 1.47. The van der Waals surface area contributed by atoms with Gasteiger partial charge in [0.05, 0.1) is 13.2 Å². The summed E-state index contributed by atoms with van der Waals surface area (Å²) in [5, 5.41) is 0. The number of hydrogen-bond acceptors (Lipinski definition) is 4. The molecule has 1 aromatic carbocycles. The molecule has 1 fully saturated rings. The molecule has 0 radical (unpaired) electrons. The summed E-state index contributed by atoms with van der Waals surface area (Å²) in [5.74, 6) is -0.213. The zero-order chi connectivity index (χ0) is 15.4. The third-order valence-electron chi connectivity index (χ3n) is 3.45. The lowest BCUT2D eigenvalue weighted by molar-refractivity contribution is -0.142. The molecule has 0 aromatic heterocycles. The molecule has 1 saturated heterocycles. The minimum Gasteiger partial charge on any atom is -0.481 e. The highest BCUT2D eigenvalue weighted by molar-refractivity contribution is 5.81. The van der Waals surface area contributed by atoms with Crippen LogP contribution < -0.4 is 10.5 Å². The van der Waals surface area contributed by atoms with Crippen molar-refractivity contribution in [3.05, 3.63) is 29.6 Å². The average molecular weight is 296 g/mol. The summed E-state index contributed by atoms with van der Waals surface area (Å²) in [4.78, 5) is 13.9. The fraction of sp³-hybridized carbons (Fsp3) is 0.533. The monoisotopic (exact) mass is 296 g/mol. The molecule has 1 amide bonds. The largest absolute Gasteiger partial charge is 0.481 e. The van der Waals surface area contributed by atoms with Crippen molar-refractivity contribution in [3.8, 4) is 5.75 Å². The summed E-state index contributed by atoms with van der Waals surface area (Å²) in [5.41, 5.74) is 6.08. The quantitative estimate of drug-likeness (QED) is 0.914. The highest BCUT2D eigenvalue weighted by Gasteiger charge is 2.24. The fourth-order valence-corrected chi connectivity index (χ4v) is 2.25. The molecule has 1 heterocycles. The second-order valence-electron chi connectivity index (χ2n) is 5.17. The maximum Gasteiger partial charge on any atom is 0.263 e. The number of amides is 1. The normalized spacial score (nSPS) is 18.2. The van der Waals surface area contributed by atoms with Gasteiger partial charge in [0.2, 0.25) is 0 Å². The second-order valence-corrected chi connectivity index (χ2v) is 5.17. The van der Waals surface area contributed by atoms with E-state index in [0.29, 0.717) is 37.6 Å². The van der Waals surface area contributed by atoms with Crippen LogP contribution in [-0.2, 0) is 9.53 Å². The van der Waals surface area contributed by atoms with Gasteiger partial charge in [-0.2, -0.15) is 0 Å². The van der Waals surface area contributed by atoms with Gasteiger partial charge < -0.3 is 20.1 Å². The van der Waals surface area contributed by atoms with Crippen LogP contribution in [0.25, 0.3) is 0 Å². The number of halogens is 1. The molecule has 1 aliphatic heterocycles. The van der Waals surface area contributed by atoms with Gasteiger partial charge in [-0.05, 0) is 19.9 Å². The minimum atomic E-state index is -0.663. The lowest BCUT2D eigenvalue weighted by Crippen LogP contribution is -2.46. The second kappa shape index (κ2) is 6.87. The van der Waals surface area contributed by atoms with E-state index in [4.69, 9.17) is 15.2 Å². The Morgan fingerprint density at radius 1 is 1.38 bits per heavy atom. The van der Waals surface area contributed by atoms with Crippen molar-refractivity contribution in [2.24, 2.45) is 5.73 Å². The third kappa shape index (κ3) is 3.92. The van der Waals surface area contributed by atoms with Crippen LogP contribution in [0.1, 0.15) is 25.5 Å². The van der Waals surface area contributed by atoms with Crippen LogP contribution in [0.2, 0.25) is 0 Å². The molecular formula is C15H21FN2O3. The molecule has 0 bridgehead atoms. The van der Waals surface area contributed by atoms with Crippen molar-refractivity contribution in [1.82, 2.24) is 4.90 Å². The van der Waals surface area contributed by atoms with Gasteiger partial charge in [-0.15, -0.1) is 0 Å². The summed E-state index contributed by atoms with van der Waals surface area (Å²) < 4.78 is 24.6. The van der Waals surface area contributed by atoms with Crippen molar-refractivity contribution < 1.29 is 18.7 Å². The Morgan fingerprint density at radius 3 is 2.62 bits per heavy atom. The Labute approximate surface area is 123 Å². The molecule has 21 heavy (non-hydrogen) atoms. The first-order valence-electron chi connectivity index (χ1n) is 7.07. The van der Waals surface area contributed by atoms with E-state index in [-0.39, 0.29) is 11.9 Å². The van der Waals surface area contributed by atoms with Crippen molar-refractivity contribution >= 4 is 5.91 Å². The number of benzene rings is 1. The molecule has 2 N–H and O–H groups in total. The van der Waals surface area contributed by atoms with Crippen LogP contribution in [0.5, 0.6) is 5.75 Å². The smallest absolute Gasteiger partial charge is 0.263 e. The van der Waals surface area contributed by atoms with E-state index in [0.717, 1.165) is 0 Å². The van der Waals surface area contributed by atoms with E-state index in [1.54, 1.807) is 30.9 Å². The lowest BCUT2D eigenvalue weighted by Gasteiger charge is -2.29. The van der Waals surface area contributed by atoms with Gasteiger partial charge in [0.1, 0.15) is 11.6 Å². The van der Waals surface area contributed by atoms with Gasteiger partial charge >= 0.3 is 0 Å². The van der Waals surface area contributed by atoms with Crippen molar-refractivity contribution in [1.29, 1.82) is 0 Å². The fourth-order valence-electron chi connectivity index (χ4n) is 2.25. The van der Waals surface area contributed by atoms with Crippen LogP contribution in [0.4, 0.5) is 4.39 Å². The number of ether oxygens (including phenoxy) is 2. The standard InChI is InChI=1S/C15H21FN2O3/c1-10(17)13-4-3-12(9-14(13)16)21-11(2)15(19)18-5-7-20-8-6-18/h3-4,9-11H,5-8,17H2,1-2H3. The number of carbonyl (C=O) groups excluding carboxylic acids is 1. The van der Waals surface area contributed by atoms with Crippen LogP contribution in [0.15, 0.2) is 18.2 Å². The molecule has 1 aromatic rings. The number of morpholine rings is 1. The van der Waals surface area contributed by atoms with E-state index in [1.807, 2.05) is 0 Å². The van der Waals surface area contributed by atoms with E-state index in [9.17, 15) is 9.18 Å². The Kier molecular flexibility index (Phi) is 5.14. The Balaban J connectivity index is 2.00. The SMILES string of the molecule is CC(Oc1ccc(C(C)N)c(F)c1)C(=O)N1CCOCC1. The van der Waals surface area contributed by atoms with Crippen molar-refractivity contribution in [2.75, 3.05) is 26.3 Å². The molecule has 0 aliphatic carbocycles. The molecule has 2 unspecified atom stereocenters. The van der Waals surface area contributed by atoms with Crippen LogP contribution in [0.3, 0.4) is 0 Å². The molecule has 6 heteroatoms.